The molecule has 0 atom stereocenters. The zero-order valence-electron chi connectivity index (χ0n) is 17.6. The van der Waals surface area contributed by atoms with Crippen molar-refractivity contribution >= 4 is 17.7 Å². The lowest BCUT2D eigenvalue weighted by molar-refractivity contribution is -0.117. The lowest BCUT2D eigenvalue weighted by Crippen LogP contribution is -2.39. The smallest absolute Gasteiger partial charge is 0.343 e. The summed E-state index contributed by atoms with van der Waals surface area (Å²) >= 11 is 0. The normalized spacial score (nSPS) is 15.1. The van der Waals surface area contributed by atoms with Gasteiger partial charge >= 0.3 is 5.97 Å². The summed E-state index contributed by atoms with van der Waals surface area (Å²) in [5, 5.41) is 16.2. The quantitative estimate of drug-likeness (QED) is 0.645. The van der Waals surface area contributed by atoms with Crippen LogP contribution in [0.15, 0.2) is 30.5 Å². The SMILES string of the molecule is CCOC(=O)c1cnn(C)c1NC(=O)CN1CCC(CCc2ccc(O)cc2)CC1. The Hall–Kier alpha value is -2.87. The van der Waals surface area contributed by atoms with Crippen LogP contribution in [0.25, 0.3) is 0 Å². The van der Waals surface area contributed by atoms with Crippen molar-refractivity contribution < 1.29 is 19.4 Å². The number of aryl methyl sites for hydroxylation is 2. The van der Waals surface area contributed by atoms with Gasteiger partial charge in [0.25, 0.3) is 0 Å². The summed E-state index contributed by atoms with van der Waals surface area (Å²) in [5.41, 5.74) is 1.50. The number of rotatable bonds is 8. The summed E-state index contributed by atoms with van der Waals surface area (Å²) in [6.07, 6.45) is 5.65. The molecule has 2 N–H and O–H groups in total. The van der Waals surface area contributed by atoms with Gasteiger partial charge in [-0.05, 0) is 69.3 Å². The Balaban J connectivity index is 1.44. The zero-order chi connectivity index (χ0) is 21.5. The number of piperidine rings is 1. The zero-order valence-corrected chi connectivity index (χ0v) is 17.6. The second kappa shape index (κ2) is 10.2. The molecular formula is C22H30N4O4. The molecule has 8 nitrogen and oxygen atoms in total. The molecule has 2 aromatic rings. The molecule has 1 saturated heterocycles. The van der Waals surface area contributed by atoms with Crippen LogP contribution in [0.4, 0.5) is 5.82 Å². The molecule has 1 aromatic heterocycles. The number of carbonyl (C=O) groups excluding carboxylic acids is 2. The highest BCUT2D eigenvalue weighted by atomic mass is 16.5. The molecule has 1 aliphatic rings. The number of hydrogen-bond donors (Lipinski definition) is 2. The van der Waals surface area contributed by atoms with E-state index >= 15 is 0 Å². The van der Waals surface area contributed by atoms with Gasteiger partial charge in [0.2, 0.25) is 5.91 Å². The van der Waals surface area contributed by atoms with E-state index in [2.05, 4.69) is 15.3 Å². The first-order valence-corrected chi connectivity index (χ1v) is 10.5. The molecule has 8 heteroatoms. The van der Waals surface area contributed by atoms with Gasteiger partial charge in [0.15, 0.2) is 0 Å². The highest BCUT2D eigenvalue weighted by Crippen LogP contribution is 2.23. The summed E-state index contributed by atoms with van der Waals surface area (Å²) in [6.45, 7) is 4.05. The van der Waals surface area contributed by atoms with Crippen LogP contribution < -0.4 is 5.32 Å². The second-order valence-corrected chi connectivity index (χ2v) is 7.72. The van der Waals surface area contributed by atoms with Gasteiger partial charge < -0.3 is 15.2 Å². The summed E-state index contributed by atoms with van der Waals surface area (Å²) in [7, 11) is 1.68. The number of aromatic hydroxyl groups is 1. The lowest BCUT2D eigenvalue weighted by atomic mass is 9.90. The fourth-order valence-electron chi connectivity index (χ4n) is 3.79. The maximum atomic E-state index is 12.5. The predicted molar refractivity (Wildman–Crippen MR) is 113 cm³/mol. The van der Waals surface area contributed by atoms with Crippen molar-refractivity contribution in [3.05, 3.63) is 41.6 Å². The number of hydrogen-bond acceptors (Lipinski definition) is 6. The summed E-state index contributed by atoms with van der Waals surface area (Å²) in [4.78, 5) is 26.7. The van der Waals surface area contributed by atoms with Gasteiger partial charge in [0, 0.05) is 7.05 Å². The second-order valence-electron chi connectivity index (χ2n) is 7.72. The number of nitrogens with zero attached hydrogens (tertiary/aromatic N) is 3. The van der Waals surface area contributed by atoms with Gasteiger partial charge in [-0.1, -0.05) is 12.1 Å². The minimum Gasteiger partial charge on any atom is -0.508 e. The van der Waals surface area contributed by atoms with E-state index < -0.39 is 5.97 Å². The van der Waals surface area contributed by atoms with E-state index in [1.54, 1.807) is 26.1 Å². The molecule has 0 unspecified atom stereocenters. The van der Waals surface area contributed by atoms with Crippen LogP contribution in [0.1, 0.15) is 42.1 Å². The molecule has 162 valence electrons. The molecule has 30 heavy (non-hydrogen) atoms. The number of ether oxygens (including phenoxy) is 1. The molecule has 0 aliphatic carbocycles. The number of esters is 1. The summed E-state index contributed by atoms with van der Waals surface area (Å²) in [6, 6.07) is 7.40. The average Bonchev–Trinajstić information content (AvgIpc) is 3.09. The van der Waals surface area contributed by atoms with E-state index in [4.69, 9.17) is 4.74 Å². The minimum atomic E-state index is -0.490. The van der Waals surface area contributed by atoms with Gasteiger partial charge in [-0.2, -0.15) is 5.10 Å². The van der Waals surface area contributed by atoms with Crippen LogP contribution in [0.3, 0.4) is 0 Å². The number of benzene rings is 1. The monoisotopic (exact) mass is 414 g/mol. The Morgan fingerprint density at radius 1 is 1.23 bits per heavy atom. The third-order valence-corrected chi connectivity index (χ3v) is 5.54. The minimum absolute atomic E-state index is 0.160. The molecule has 0 radical (unpaired) electrons. The number of likely N-dealkylation sites (tertiary alicyclic amines) is 1. The topological polar surface area (TPSA) is 96.7 Å². The fourth-order valence-corrected chi connectivity index (χ4v) is 3.79. The number of phenols is 1. The molecule has 3 rings (SSSR count). The van der Waals surface area contributed by atoms with E-state index in [-0.39, 0.29) is 24.6 Å². The van der Waals surface area contributed by atoms with Crippen molar-refractivity contribution in [2.24, 2.45) is 13.0 Å². The Labute approximate surface area is 176 Å². The van der Waals surface area contributed by atoms with E-state index in [0.717, 1.165) is 38.8 Å². The standard InChI is InChI=1S/C22H30N4O4/c1-3-30-22(29)19-14-23-25(2)21(19)24-20(28)15-26-12-10-17(11-13-26)5-4-16-6-8-18(27)9-7-16/h6-9,14,17,27H,3-5,10-13,15H2,1-2H3,(H,24,28). The van der Waals surface area contributed by atoms with Crippen LogP contribution >= 0.6 is 0 Å². The van der Waals surface area contributed by atoms with Crippen molar-refractivity contribution in [2.75, 3.05) is 31.6 Å². The molecule has 1 aromatic carbocycles. The van der Waals surface area contributed by atoms with E-state index in [1.807, 2.05) is 12.1 Å². The Morgan fingerprint density at radius 3 is 2.60 bits per heavy atom. The van der Waals surface area contributed by atoms with Gasteiger partial charge in [0.05, 0.1) is 19.3 Å². The molecule has 2 heterocycles. The van der Waals surface area contributed by atoms with Crippen LogP contribution in [0.2, 0.25) is 0 Å². The van der Waals surface area contributed by atoms with Crippen molar-refractivity contribution in [2.45, 2.75) is 32.6 Å². The number of carbonyl (C=O) groups is 2. The van der Waals surface area contributed by atoms with Crippen LogP contribution in [0, 0.1) is 5.92 Å². The third-order valence-electron chi connectivity index (χ3n) is 5.54. The maximum absolute atomic E-state index is 12.5. The molecule has 0 spiro atoms. The van der Waals surface area contributed by atoms with Crippen molar-refractivity contribution in [1.29, 1.82) is 0 Å². The molecule has 1 aliphatic heterocycles. The number of phenolic OH excluding ortho intramolecular Hbond substituents is 1. The van der Waals surface area contributed by atoms with Crippen LogP contribution in [-0.4, -0.2) is 57.9 Å². The Morgan fingerprint density at radius 2 is 1.93 bits per heavy atom. The van der Waals surface area contributed by atoms with E-state index in [0.29, 0.717) is 17.5 Å². The molecule has 1 amide bonds. The molecule has 1 fully saturated rings. The lowest BCUT2D eigenvalue weighted by Gasteiger charge is -2.31. The molecule has 0 bridgehead atoms. The Kier molecular flexibility index (Phi) is 7.46. The maximum Gasteiger partial charge on any atom is 0.343 e. The first-order chi connectivity index (χ1) is 14.5. The number of anilines is 1. The average molecular weight is 415 g/mol. The largest absolute Gasteiger partial charge is 0.508 e. The van der Waals surface area contributed by atoms with E-state index in [1.165, 1.54) is 16.4 Å². The molecule has 0 saturated carbocycles. The summed E-state index contributed by atoms with van der Waals surface area (Å²) in [5.74, 6) is 0.653. The van der Waals surface area contributed by atoms with Crippen LogP contribution in [0.5, 0.6) is 5.75 Å². The fraction of sp³-hybridized carbons (Fsp3) is 0.500. The highest BCUT2D eigenvalue weighted by molar-refractivity contribution is 6.00. The number of aromatic nitrogens is 2. The van der Waals surface area contributed by atoms with Gasteiger partial charge in [-0.25, -0.2) is 4.79 Å². The first-order valence-electron chi connectivity index (χ1n) is 10.5. The molecular weight excluding hydrogens is 384 g/mol. The van der Waals surface area contributed by atoms with Crippen LogP contribution in [-0.2, 0) is 23.0 Å². The van der Waals surface area contributed by atoms with Gasteiger partial charge in [-0.15, -0.1) is 0 Å². The number of amides is 1. The van der Waals surface area contributed by atoms with E-state index in [9.17, 15) is 14.7 Å². The van der Waals surface area contributed by atoms with Gasteiger partial charge in [-0.3, -0.25) is 14.4 Å². The first kappa shape index (κ1) is 21.8. The predicted octanol–water partition coefficient (Wildman–Crippen LogP) is 2.59. The summed E-state index contributed by atoms with van der Waals surface area (Å²) < 4.78 is 6.49. The number of nitrogens with one attached hydrogen (secondary N) is 1. The van der Waals surface area contributed by atoms with Crippen molar-refractivity contribution in [3.63, 3.8) is 0 Å². The van der Waals surface area contributed by atoms with Crippen molar-refractivity contribution in [1.82, 2.24) is 14.7 Å². The highest BCUT2D eigenvalue weighted by Gasteiger charge is 2.23. The van der Waals surface area contributed by atoms with Gasteiger partial charge in [0.1, 0.15) is 17.1 Å². The van der Waals surface area contributed by atoms with Crippen molar-refractivity contribution in [3.8, 4) is 5.75 Å². The third kappa shape index (κ3) is 5.82. The Bertz CT molecular complexity index is 855.